The third kappa shape index (κ3) is 1.28. The lowest BCUT2D eigenvalue weighted by atomic mass is 9.53. The number of anilines is 1. The van der Waals surface area contributed by atoms with Gasteiger partial charge in [0.05, 0.1) is 5.54 Å². The molecule has 0 amide bonds. The molecule has 0 saturated heterocycles. The standard InChI is InChI=1S/C14H18N4/c15-7-12-8-18(17-13(12)16)14-4-9-1-10(5-14)3-11(2-9)6-14/h8-11H,1-6H2,(H2,16,17). The van der Waals surface area contributed by atoms with Crippen molar-refractivity contribution in [2.45, 2.75) is 44.1 Å². The molecule has 2 N–H and O–H groups in total. The molecule has 5 rings (SSSR count). The van der Waals surface area contributed by atoms with Crippen molar-refractivity contribution in [1.29, 1.82) is 5.26 Å². The second kappa shape index (κ2) is 3.28. The first-order chi connectivity index (χ1) is 8.68. The zero-order valence-electron chi connectivity index (χ0n) is 10.5. The van der Waals surface area contributed by atoms with Crippen LogP contribution >= 0.6 is 0 Å². The van der Waals surface area contributed by atoms with Crippen molar-refractivity contribution in [2.75, 3.05) is 5.73 Å². The molecule has 0 aromatic carbocycles. The number of hydrogen-bond acceptors (Lipinski definition) is 3. The van der Waals surface area contributed by atoms with Gasteiger partial charge in [-0.15, -0.1) is 0 Å². The Morgan fingerprint density at radius 3 is 2.22 bits per heavy atom. The number of aromatic nitrogens is 2. The fraction of sp³-hybridized carbons (Fsp3) is 0.714. The van der Waals surface area contributed by atoms with Crippen molar-refractivity contribution in [3.05, 3.63) is 11.8 Å². The fourth-order valence-corrected chi connectivity index (χ4v) is 5.06. The van der Waals surface area contributed by atoms with Crippen LogP contribution < -0.4 is 5.73 Å². The van der Waals surface area contributed by atoms with Gasteiger partial charge in [-0.25, -0.2) is 0 Å². The zero-order chi connectivity index (χ0) is 12.3. The zero-order valence-corrected chi connectivity index (χ0v) is 10.5. The lowest BCUT2D eigenvalue weighted by molar-refractivity contribution is -0.0492. The van der Waals surface area contributed by atoms with Gasteiger partial charge in [-0.05, 0) is 56.3 Å². The molecule has 4 fully saturated rings. The van der Waals surface area contributed by atoms with E-state index in [0.717, 1.165) is 17.8 Å². The molecular formula is C14H18N4. The van der Waals surface area contributed by atoms with Crippen LogP contribution in [0.5, 0.6) is 0 Å². The predicted octanol–water partition coefficient (Wildman–Crippen LogP) is 2.26. The molecule has 1 aromatic rings. The molecule has 4 nitrogen and oxygen atoms in total. The summed E-state index contributed by atoms with van der Waals surface area (Å²) in [5.74, 6) is 3.04. The largest absolute Gasteiger partial charge is 0.381 e. The minimum absolute atomic E-state index is 0.179. The highest BCUT2D eigenvalue weighted by atomic mass is 15.3. The minimum atomic E-state index is 0.179. The van der Waals surface area contributed by atoms with Gasteiger partial charge in [-0.2, -0.15) is 10.4 Å². The van der Waals surface area contributed by atoms with Crippen LogP contribution in [0.2, 0.25) is 0 Å². The van der Waals surface area contributed by atoms with E-state index < -0.39 is 0 Å². The quantitative estimate of drug-likeness (QED) is 0.821. The highest BCUT2D eigenvalue weighted by Gasteiger charge is 2.52. The number of nitriles is 1. The van der Waals surface area contributed by atoms with E-state index >= 15 is 0 Å². The highest BCUT2D eigenvalue weighted by Crippen LogP contribution is 2.58. The first kappa shape index (κ1) is 10.4. The van der Waals surface area contributed by atoms with Crippen molar-refractivity contribution in [3.63, 3.8) is 0 Å². The maximum Gasteiger partial charge on any atom is 0.163 e. The van der Waals surface area contributed by atoms with E-state index in [1.165, 1.54) is 38.5 Å². The summed E-state index contributed by atoms with van der Waals surface area (Å²) in [5.41, 5.74) is 6.53. The van der Waals surface area contributed by atoms with Crippen LogP contribution in [0.15, 0.2) is 6.20 Å². The summed E-state index contributed by atoms with van der Waals surface area (Å²) < 4.78 is 2.05. The summed E-state index contributed by atoms with van der Waals surface area (Å²) in [6.07, 6.45) is 9.85. The van der Waals surface area contributed by atoms with Crippen LogP contribution in [0.25, 0.3) is 0 Å². The van der Waals surface area contributed by atoms with Crippen molar-refractivity contribution in [3.8, 4) is 6.07 Å². The van der Waals surface area contributed by atoms with Crippen molar-refractivity contribution >= 4 is 5.82 Å². The van der Waals surface area contributed by atoms with E-state index in [1.54, 1.807) is 0 Å². The highest BCUT2D eigenvalue weighted by molar-refractivity contribution is 5.46. The van der Waals surface area contributed by atoms with Gasteiger partial charge < -0.3 is 5.73 Å². The monoisotopic (exact) mass is 242 g/mol. The van der Waals surface area contributed by atoms with Gasteiger partial charge in [0.15, 0.2) is 5.82 Å². The molecule has 0 radical (unpaired) electrons. The number of hydrogen-bond donors (Lipinski definition) is 1. The van der Waals surface area contributed by atoms with E-state index in [1.807, 2.05) is 10.9 Å². The SMILES string of the molecule is N#Cc1cn(C23CC4CC(CC(C4)C2)C3)nc1N. The maximum atomic E-state index is 9.03. The average Bonchev–Trinajstić information content (AvgIpc) is 2.69. The molecular weight excluding hydrogens is 224 g/mol. The second-order valence-corrected chi connectivity index (χ2v) is 6.63. The van der Waals surface area contributed by atoms with Gasteiger partial charge in [0.1, 0.15) is 11.6 Å². The molecule has 18 heavy (non-hydrogen) atoms. The Hall–Kier alpha value is -1.50. The van der Waals surface area contributed by atoms with Crippen LogP contribution in [0.3, 0.4) is 0 Å². The van der Waals surface area contributed by atoms with Gasteiger partial charge in [0, 0.05) is 6.20 Å². The Morgan fingerprint density at radius 2 is 1.78 bits per heavy atom. The average molecular weight is 242 g/mol. The maximum absolute atomic E-state index is 9.03. The van der Waals surface area contributed by atoms with Gasteiger partial charge >= 0.3 is 0 Å². The Balaban J connectivity index is 1.77. The molecule has 4 aliphatic carbocycles. The summed E-state index contributed by atoms with van der Waals surface area (Å²) in [7, 11) is 0. The summed E-state index contributed by atoms with van der Waals surface area (Å²) >= 11 is 0. The molecule has 94 valence electrons. The molecule has 1 aromatic heterocycles. The third-order valence-electron chi connectivity index (χ3n) is 5.36. The molecule has 4 heteroatoms. The number of rotatable bonds is 1. The van der Waals surface area contributed by atoms with Crippen LogP contribution in [0, 0.1) is 29.1 Å². The van der Waals surface area contributed by atoms with E-state index in [-0.39, 0.29) is 5.54 Å². The molecule has 1 heterocycles. The Morgan fingerprint density at radius 1 is 1.22 bits per heavy atom. The summed E-state index contributed by atoms with van der Waals surface area (Å²) in [6.45, 7) is 0. The second-order valence-electron chi connectivity index (χ2n) is 6.63. The van der Waals surface area contributed by atoms with Gasteiger partial charge in [-0.1, -0.05) is 0 Å². The normalized spacial score (nSPS) is 40.9. The summed E-state index contributed by atoms with van der Waals surface area (Å²) in [5, 5.41) is 13.5. The third-order valence-corrected chi connectivity index (χ3v) is 5.36. The predicted molar refractivity (Wildman–Crippen MR) is 67.5 cm³/mol. The van der Waals surface area contributed by atoms with Gasteiger partial charge in [0.2, 0.25) is 0 Å². The van der Waals surface area contributed by atoms with Gasteiger partial charge in [-0.3, -0.25) is 4.68 Å². The number of nitrogens with zero attached hydrogens (tertiary/aromatic N) is 3. The van der Waals surface area contributed by atoms with Crippen molar-refractivity contribution in [1.82, 2.24) is 9.78 Å². The summed E-state index contributed by atoms with van der Waals surface area (Å²) in [4.78, 5) is 0. The van der Waals surface area contributed by atoms with Crippen LogP contribution in [-0.2, 0) is 5.54 Å². The van der Waals surface area contributed by atoms with Gasteiger partial charge in [0.25, 0.3) is 0 Å². The molecule has 0 unspecified atom stereocenters. The lowest BCUT2D eigenvalue weighted by Gasteiger charge is -2.56. The molecule has 4 saturated carbocycles. The fourth-order valence-electron chi connectivity index (χ4n) is 5.06. The van der Waals surface area contributed by atoms with Crippen LogP contribution in [0.1, 0.15) is 44.1 Å². The van der Waals surface area contributed by atoms with E-state index in [2.05, 4.69) is 11.2 Å². The Kier molecular flexibility index (Phi) is 1.90. The lowest BCUT2D eigenvalue weighted by Crippen LogP contribution is -2.52. The number of nitrogen functional groups attached to an aromatic ring is 1. The van der Waals surface area contributed by atoms with Crippen molar-refractivity contribution in [2.24, 2.45) is 17.8 Å². The molecule has 4 bridgehead atoms. The number of nitrogens with two attached hydrogens (primary N) is 1. The summed E-state index contributed by atoms with van der Waals surface area (Å²) in [6, 6.07) is 2.14. The minimum Gasteiger partial charge on any atom is -0.381 e. The Bertz CT molecular complexity index is 501. The molecule has 0 spiro atoms. The first-order valence-electron chi connectivity index (χ1n) is 6.94. The van der Waals surface area contributed by atoms with E-state index in [4.69, 9.17) is 11.0 Å². The molecule has 0 aliphatic heterocycles. The van der Waals surface area contributed by atoms with Crippen LogP contribution in [0.4, 0.5) is 5.82 Å². The van der Waals surface area contributed by atoms with Crippen LogP contribution in [-0.4, -0.2) is 9.78 Å². The van der Waals surface area contributed by atoms with E-state index in [9.17, 15) is 0 Å². The molecule has 4 aliphatic rings. The van der Waals surface area contributed by atoms with Crippen molar-refractivity contribution < 1.29 is 0 Å². The van der Waals surface area contributed by atoms with E-state index in [0.29, 0.717) is 11.4 Å². The Labute approximate surface area is 107 Å². The first-order valence-corrected chi connectivity index (χ1v) is 6.94. The smallest absolute Gasteiger partial charge is 0.163 e. The topological polar surface area (TPSA) is 67.6 Å². The molecule has 0 atom stereocenters.